The van der Waals surface area contributed by atoms with Gasteiger partial charge in [-0.3, -0.25) is 9.59 Å². The number of aliphatic carboxylic acids is 1. The van der Waals surface area contributed by atoms with Gasteiger partial charge in [-0.15, -0.1) is 0 Å². The summed E-state index contributed by atoms with van der Waals surface area (Å²) < 4.78 is 39.5. The molecule has 1 aliphatic heterocycles. The van der Waals surface area contributed by atoms with E-state index >= 15 is 0 Å². The van der Waals surface area contributed by atoms with Crippen molar-refractivity contribution in [1.29, 1.82) is 0 Å². The van der Waals surface area contributed by atoms with E-state index in [9.17, 15) is 23.5 Å². The van der Waals surface area contributed by atoms with Crippen LogP contribution in [0, 0.1) is 11.6 Å². The minimum absolute atomic E-state index is 0.0927. The van der Waals surface area contributed by atoms with Gasteiger partial charge in [0, 0.05) is 30.5 Å². The molecule has 6 nitrogen and oxygen atoms in total. The number of carboxylic acid groups (broad SMARTS) is 1. The first-order chi connectivity index (χ1) is 17.2. The molecule has 0 fully saturated rings. The Kier molecular flexibility index (Phi) is 7.24. The van der Waals surface area contributed by atoms with E-state index in [0.29, 0.717) is 41.9 Å². The number of nitrogens with zero attached hydrogens (tertiary/aromatic N) is 1. The summed E-state index contributed by atoms with van der Waals surface area (Å²) in [5, 5.41) is 9.38. The van der Waals surface area contributed by atoms with E-state index in [0.717, 1.165) is 5.56 Å². The number of hydrogen-bond donors (Lipinski definition) is 1. The van der Waals surface area contributed by atoms with Gasteiger partial charge in [0.1, 0.15) is 23.8 Å². The van der Waals surface area contributed by atoms with Crippen LogP contribution in [0.3, 0.4) is 0 Å². The number of carboxylic acids is 1. The highest BCUT2D eigenvalue weighted by Gasteiger charge is 2.38. The largest absolute Gasteiger partial charge is 0.493 e. The Bertz CT molecular complexity index is 1290. The van der Waals surface area contributed by atoms with E-state index in [4.69, 9.17) is 9.47 Å². The van der Waals surface area contributed by atoms with E-state index in [1.54, 1.807) is 36.4 Å². The van der Waals surface area contributed by atoms with Crippen LogP contribution in [-0.2, 0) is 24.1 Å². The number of fused-ring (bicyclic) bond motifs is 1. The predicted molar refractivity (Wildman–Crippen MR) is 129 cm³/mol. The van der Waals surface area contributed by atoms with Crippen molar-refractivity contribution >= 4 is 11.9 Å². The number of ether oxygens (including phenoxy) is 2. The van der Waals surface area contributed by atoms with Gasteiger partial charge in [-0.05, 0) is 54.8 Å². The summed E-state index contributed by atoms with van der Waals surface area (Å²) >= 11 is 0. The zero-order valence-corrected chi connectivity index (χ0v) is 20.1. The summed E-state index contributed by atoms with van der Waals surface area (Å²) in [7, 11) is 1.46. The van der Waals surface area contributed by atoms with E-state index in [2.05, 4.69) is 0 Å². The normalized spacial score (nSPS) is 16.2. The second-order valence-electron chi connectivity index (χ2n) is 9.16. The maximum atomic E-state index is 14.3. The van der Waals surface area contributed by atoms with Gasteiger partial charge in [0.05, 0.1) is 7.11 Å². The lowest BCUT2D eigenvalue weighted by molar-refractivity contribution is -0.137. The first-order valence-electron chi connectivity index (χ1n) is 11.6. The fraction of sp³-hybridized carbons (Fsp3) is 0.286. The van der Waals surface area contributed by atoms with E-state index < -0.39 is 29.8 Å². The second kappa shape index (κ2) is 10.4. The molecule has 4 rings (SSSR count). The number of carbonyl (C=O) groups is 2. The van der Waals surface area contributed by atoms with E-state index in [1.165, 1.54) is 36.3 Å². The monoisotopic (exact) mass is 495 g/mol. The molecule has 8 heteroatoms. The van der Waals surface area contributed by atoms with Crippen LogP contribution in [0.5, 0.6) is 11.5 Å². The van der Waals surface area contributed by atoms with Crippen LogP contribution in [-0.4, -0.2) is 47.7 Å². The summed E-state index contributed by atoms with van der Waals surface area (Å²) in [4.78, 5) is 26.1. The number of benzene rings is 3. The van der Waals surface area contributed by atoms with Crippen LogP contribution in [0.15, 0.2) is 60.7 Å². The molecular formula is C28H27F2NO5. The van der Waals surface area contributed by atoms with Crippen molar-refractivity contribution in [1.82, 2.24) is 4.90 Å². The van der Waals surface area contributed by atoms with E-state index in [-0.39, 0.29) is 17.9 Å². The Morgan fingerprint density at radius 1 is 1.11 bits per heavy atom. The van der Waals surface area contributed by atoms with Crippen molar-refractivity contribution in [3.63, 3.8) is 0 Å². The fourth-order valence-electron chi connectivity index (χ4n) is 4.57. The number of carbonyl (C=O) groups excluding carboxylic acids is 1. The Morgan fingerprint density at radius 3 is 2.58 bits per heavy atom. The minimum Gasteiger partial charge on any atom is -0.493 e. The topological polar surface area (TPSA) is 76.1 Å². The SMILES string of the molecule is COc1cc(C(=O)N(CCc2cccc(F)c2)CC(=O)O)cc2c1O[C@@](C)(Cc1ccccc1F)C2. The molecule has 0 bridgehead atoms. The molecule has 0 aliphatic carbocycles. The molecule has 0 unspecified atom stereocenters. The van der Waals surface area contributed by atoms with Crippen LogP contribution >= 0.6 is 0 Å². The lowest BCUT2D eigenvalue weighted by Crippen LogP contribution is -2.37. The van der Waals surface area contributed by atoms with Crippen molar-refractivity contribution in [2.75, 3.05) is 20.2 Å². The standard InChI is InChI=1S/C28H27F2NO5/c1-28(15-19-7-3-4-9-23(19)30)16-21-13-20(14-24(35-2)26(21)36-28)27(34)31(17-25(32)33)11-10-18-6-5-8-22(29)12-18/h3-9,12-14H,10-11,15-17H2,1-2H3,(H,32,33)/t28-/m0/s1. The predicted octanol–water partition coefficient (Wildman–Crippen LogP) is 4.68. The number of amides is 1. The number of methoxy groups -OCH3 is 1. The summed E-state index contributed by atoms with van der Waals surface area (Å²) in [6.45, 7) is 1.46. The summed E-state index contributed by atoms with van der Waals surface area (Å²) in [6, 6.07) is 15.7. The molecule has 0 aromatic heterocycles. The lowest BCUT2D eigenvalue weighted by Gasteiger charge is -2.24. The smallest absolute Gasteiger partial charge is 0.323 e. The summed E-state index contributed by atoms with van der Waals surface area (Å²) in [5.41, 5.74) is 1.40. The van der Waals surface area contributed by atoms with Crippen LogP contribution in [0.4, 0.5) is 8.78 Å². The molecule has 1 atom stereocenters. The van der Waals surface area contributed by atoms with Gasteiger partial charge in [0.2, 0.25) is 0 Å². The maximum absolute atomic E-state index is 14.3. The Hall–Kier alpha value is -3.94. The Morgan fingerprint density at radius 2 is 1.89 bits per heavy atom. The quantitative estimate of drug-likeness (QED) is 0.467. The zero-order valence-electron chi connectivity index (χ0n) is 20.1. The van der Waals surface area contributed by atoms with Gasteiger partial charge >= 0.3 is 5.97 Å². The van der Waals surface area contributed by atoms with Gasteiger partial charge in [-0.25, -0.2) is 8.78 Å². The number of hydrogen-bond acceptors (Lipinski definition) is 4. The molecule has 0 radical (unpaired) electrons. The van der Waals surface area contributed by atoms with Gasteiger partial charge in [-0.1, -0.05) is 30.3 Å². The molecule has 0 saturated carbocycles. The average Bonchev–Trinajstić information content (AvgIpc) is 3.17. The third-order valence-corrected chi connectivity index (χ3v) is 6.21. The summed E-state index contributed by atoms with van der Waals surface area (Å²) in [5.74, 6) is -1.53. The molecule has 1 aliphatic rings. The molecular weight excluding hydrogens is 468 g/mol. The molecule has 3 aromatic rings. The van der Waals surface area contributed by atoms with Gasteiger partial charge < -0.3 is 19.5 Å². The maximum Gasteiger partial charge on any atom is 0.323 e. The van der Waals surface area contributed by atoms with Crippen molar-refractivity contribution in [2.24, 2.45) is 0 Å². The fourth-order valence-corrected chi connectivity index (χ4v) is 4.57. The highest BCUT2D eigenvalue weighted by molar-refractivity contribution is 5.97. The number of halogens is 2. The zero-order chi connectivity index (χ0) is 25.9. The van der Waals surface area contributed by atoms with Crippen molar-refractivity contribution < 1.29 is 33.0 Å². The molecule has 1 heterocycles. The molecule has 1 amide bonds. The molecule has 188 valence electrons. The van der Waals surface area contributed by atoms with E-state index in [1.807, 2.05) is 6.92 Å². The van der Waals surface area contributed by atoms with Crippen LogP contribution in [0.1, 0.15) is 34.0 Å². The van der Waals surface area contributed by atoms with Crippen molar-refractivity contribution in [2.45, 2.75) is 31.8 Å². The van der Waals surface area contributed by atoms with Gasteiger partial charge in [0.25, 0.3) is 5.91 Å². The molecule has 0 saturated heterocycles. The molecule has 3 aromatic carbocycles. The van der Waals surface area contributed by atoms with Crippen LogP contribution in [0.2, 0.25) is 0 Å². The molecule has 1 N–H and O–H groups in total. The van der Waals surface area contributed by atoms with Crippen LogP contribution < -0.4 is 9.47 Å². The molecule has 36 heavy (non-hydrogen) atoms. The first-order valence-corrected chi connectivity index (χ1v) is 11.6. The van der Waals surface area contributed by atoms with Crippen LogP contribution in [0.25, 0.3) is 0 Å². The third kappa shape index (κ3) is 5.64. The highest BCUT2D eigenvalue weighted by Crippen LogP contribution is 2.44. The second-order valence-corrected chi connectivity index (χ2v) is 9.16. The number of rotatable bonds is 9. The lowest BCUT2D eigenvalue weighted by atomic mass is 9.91. The van der Waals surface area contributed by atoms with Crippen molar-refractivity contribution in [3.8, 4) is 11.5 Å². The summed E-state index contributed by atoms with van der Waals surface area (Å²) in [6.07, 6.45) is 1.03. The Balaban J connectivity index is 1.57. The average molecular weight is 496 g/mol. The highest BCUT2D eigenvalue weighted by atomic mass is 19.1. The first kappa shape index (κ1) is 25.2. The van der Waals surface area contributed by atoms with Gasteiger partial charge in [-0.2, -0.15) is 0 Å². The minimum atomic E-state index is -1.16. The van der Waals surface area contributed by atoms with Crippen molar-refractivity contribution in [3.05, 3.63) is 94.6 Å². The Labute approximate surface area is 208 Å². The molecule has 0 spiro atoms. The van der Waals surface area contributed by atoms with Gasteiger partial charge in [0.15, 0.2) is 11.5 Å². The third-order valence-electron chi connectivity index (χ3n) is 6.21.